The highest BCUT2D eigenvalue weighted by Crippen LogP contribution is 2.27. The van der Waals surface area contributed by atoms with Gasteiger partial charge in [-0.15, -0.1) is 11.3 Å². The van der Waals surface area contributed by atoms with E-state index in [0.717, 1.165) is 44.8 Å². The Morgan fingerprint density at radius 3 is 2.71 bits per heavy atom. The van der Waals surface area contributed by atoms with E-state index in [2.05, 4.69) is 22.2 Å². The SMILES string of the molecule is CCc1nc(CN2CCN(C(=O)CCCOc3ccc(Cl)cc3Cl)CC2)cs1. The monoisotopic (exact) mass is 441 g/mol. The van der Waals surface area contributed by atoms with E-state index in [1.165, 1.54) is 5.01 Å². The van der Waals surface area contributed by atoms with E-state index in [1.54, 1.807) is 29.5 Å². The minimum Gasteiger partial charge on any atom is -0.492 e. The molecule has 152 valence electrons. The van der Waals surface area contributed by atoms with Crippen molar-refractivity contribution in [2.45, 2.75) is 32.7 Å². The van der Waals surface area contributed by atoms with Gasteiger partial charge in [0.25, 0.3) is 0 Å². The summed E-state index contributed by atoms with van der Waals surface area (Å²) >= 11 is 13.7. The summed E-state index contributed by atoms with van der Waals surface area (Å²) in [6, 6.07) is 5.14. The summed E-state index contributed by atoms with van der Waals surface area (Å²) in [6.45, 7) is 6.77. The molecule has 1 aliphatic rings. The van der Waals surface area contributed by atoms with E-state index < -0.39 is 0 Å². The average Bonchev–Trinajstić information content (AvgIpc) is 3.14. The molecule has 1 aliphatic heterocycles. The summed E-state index contributed by atoms with van der Waals surface area (Å²) in [4.78, 5) is 21.4. The molecular formula is C20H25Cl2N3O2S. The molecule has 0 atom stereocenters. The van der Waals surface area contributed by atoms with Gasteiger partial charge in [-0.05, 0) is 31.0 Å². The number of piperazine rings is 1. The molecule has 1 saturated heterocycles. The molecule has 0 bridgehead atoms. The van der Waals surface area contributed by atoms with E-state index in [9.17, 15) is 4.79 Å². The van der Waals surface area contributed by atoms with Crippen molar-refractivity contribution in [3.8, 4) is 5.75 Å². The van der Waals surface area contributed by atoms with Crippen molar-refractivity contribution in [3.05, 3.63) is 44.3 Å². The fourth-order valence-corrected chi connectivity index (χ4v) is 4.32. The maximum Gasteiger partial charge on any atom is 0.222 e. The van der Waals surface area contributed by atoms with Gasteiger partial charge >= 0.3 is 0 Å². The van der Waals surface area contributed by atoms with Gasteiger partial charge in [0.15, 0.2) is 0 Å². The first-order valence-electron chi connectivity index (χ1n) is 9.56. The number of rotatable bonds is 8. The second-order valence-electron chi connectivity index (χ2n) is 6.77. The van der Waals surface area contributed by atoms with Gasteiger partial charge in [-0.2, -0.15) is 0 Å². The van der Waals surface area contributed by atoms with Crippen LogP contribution in [0, 0.1) is 0 Å². The molecule has 2 heterocycles. The van der Waals surface area contributed by atoms with E-state index in [1.807, 2.05) is 4.90 Å². The van der Waals surface area contributed by atoms with Crippen LogP contribution in [0.2, 0.25) is 10.0 Å². The van der Waals surface area contributed by atoms with Crippen LogP contribution in [0.1, 0.15) is 30.5 Å². The van der Waals surface area contributed by atoms with Crippen LogP contribution in [0.15, 0.2) is 23.6 Å². The Labute approximate surface area is 180 Å². The first-order chi connectivity index (χ1) is 13.5. The summed E-state index contributed by atoms with van der Waals surface area (Å²) in [7, 11) is 0. The van der Waals surface area contributed by atoms with Crippen LogP contribution < -0.4 is 4.74 Å². The largest absolute Gasteiger partial charge is 0.492 e. The van der Waals surface area contributed by atoms with Gasteiger partial charge in [0.1, 0.15) is 5.75 Å². The predicted molar refractivity (Wildman–Crippen MR) is 115 cm³/mol. The van der Waals surface area contributed by atoms with Crippen molar-refractivity contribution < 1.29 is 9.53 Å². The number of carbonyl (C=O) groups is 1. The van der Waals surface area contributed by atoms with Gasteiger partial charge in [-0.3, -0.25) is 9.69 Å². The number of aromatic nitrogens is 1. The van der Waals surface area contributed by atoms with Crippen LogP contribution >= 0.6 is 34.5 Å². The third-order valence-corrected chi connectivity index (χ3v) is 6.27. The molecule has 1 aromatic carbocycles. The summed E-state index contributed by atoms with van der Waals surface area (Å²) in [5.74, 6) is 0.785. The second-order valence-corrected chi connectivity index (χ2v) is 8.56. The van der Waals surface area contributed by atoms with Gasteiger partial charge in [-0.25, -0.2) is 4.98 Å². The highest BCUT2D eigenvalue weighted by Gasteiger charge is 2.21. The topological polar surface area (TPSA) is 45.7 Å². The number of hydrogen-bond acceptors (Lipinski definition) is 5. The lowest BCUT2D eigenvalue weighted by Gasteiger charge is -2.34. The maximum atomic E-state index is 12.4. The van der Waals surface area contributed by atoms with Crippen molar-refractivity contribution in [2.75, 3.05) is 32.8 Å². The first kappa shape index (κ1) is 21.4. The van der Waals surface area contributed by atoms with Crippen LogP contribution in [0.4, 0.5) is 0 Å². The number of nitrogens with zero attached hydrogens (tertiary/aromatic N) is 3. The molecular weight excluding hydrogens is 417 g/mol. The van der Waals surface area contributed by atoms with Gasteiger partial charge < -0.3 is 9.64 Å². The molecule has 0 aliphatic carbocycles. The van der Waals surface area contributed by atoms with E-state index in [4.69, 9.17) is 27.9 Å². The van der Waals surface area contributed by atoms with Crippen LogP contribution in [0.3, 0.4) is 0 Å². The molecule has 0 radical (unpaired) electrons. The number of ether oxygens (including phenoxy) is 1. The van der Waals surface area contributed by atoms with Gasteiger partial charge in [0.05, 0.1) is 22.3 Å². The zero-order chi connectivity index (χ0) is 19.9. The van der Waals surface area contributed by atoms with Crippen molar-refractivity contribution in [2.24, 2.45) is 0 Å². The van der Waals surface area contributed by atoms with E-state index >= 15 is 0 Å². The van der Waals surface area contributed by atoms with Gasteiger partial charge in [0.2, 0.25) is 5.91 Å². The normalized spacial score (nSPS) is 15.0. The number of carbonyl (C=O) groups excluding carboxylic acids is 1. The quantitative estimate of drug-likeness (QED) is 0.565. The summed E-state index contributed by atoms with van der Waals surface area (Å²) < 4.78 is 5.65. The lowest BCUT2D eigenvalue weighted by Crippen LogP contribution is -2.48. The smallest absolute Gasteiger partial charge is 0.222 e. The zero-order valence-corrected chi connectivity index (χ0v) is 18.3. The maximum absolute atomic E-state index is 12.4. The number of amides is 1. The fraction of sp³-hybridized carbons (Fsp3) is 0.500. The Balaban J connectivity index is 1.34. The minimum absolute atomic E-state index is 0.187. The van der Waals surface area contributed by atoms with Gasteiger partial charge in [0, 0.05) is 49.5 Å². The molecule has 5 nitrogen and oxygen atoms in total. The Hall–Kier alpha value is -1.34. The minimum atomic E-state index is 0.187. The molecule has 3 rings (SSSR count). The lowest BCUT2D eigenvalue weighted by molar-refractivity contribution is -0.133. The second kappa shape index (κ2) is 10.4. The van der Waals surface area contributed by atoms with Crippen molar-refractivity contribution in [3.63, 3.8) is 0 Å². The standard InChI is InChI=1S/C20H25Cl2N3O2S/c1-2-19-23-16(14-28-19)13-24-7-9-25(10-8-24)20(26)4-3-11-27-18-6-5-15(21)12-17(18)22/h5-6,12,14H,2-4,7-11,13H2,1H3. The lowest BCUT2D eigenvalue weighted by atomic mass is 10.2. The fourth-order valence-electron chi connectivity index (χ4n) is 3.12. The summed E-state index contributed by atoms with van der Waals surface area (Å²) in [5, 5.41) is 4.39. The van der Waals surface area contributed by atoms with E-state index in [-0.39, 0.29) is 5.91 Å². The summed E-state index contributed by atoms with van der Waals surface area (Å²) in [5.41, 5.74) is 1.14. The number of halogens is 2. The number of hydrogen-bond donors (Lipinski definition) is 0. The van der Waals surface area contributed by atoms with Crippen molar-refractivity contribution >= 4 is 40.4 Å². The Morgan fingerprint density at radius 1 is 1.25 bits per heavy atom. The number of benzene rings is 1. The third-order valence-electron chi connectivity index (χ3n) is 4.70. The first-order valence-corrected chi connectivity index (χ1v) is 11.2. The molecule has 2 aromatic rings. The molecule has 0 unspecified atom stereocenters. The third kappa shape index (κ3) is 6.08. The molecule has 1 aromatic heterocycles. The van der Waals surface area contributed by atoms with E-state index in [0.29, 0.717) is 35.2 Å². The van der Waals surface area contributed by atoms with Gasteiger partial charge in [-0.1, -0.05) is 30.1 Å². The van der Waals surface area contributed by atoms with Crippen LogP contribution in [0.5, 0.6) is 5.75 Å². The molecule has 28 heavy (non-hydrogen) atoms. The average molecular weight is 442 g/mol. The highest BCUT2D eigenvalue weighted by atomic mass is 35.5. The molecule has 0 N–H and O–H groups in total. The Bertz CT molecular complexity index is 792. The van der Waals surface area contributed by atoms with Crippen LogP contribution in [-0.2, 0) is 17.8 Å². The molecule has 0 spiro atoms. The Kier molecular flexibility index (Phi) is 7.97. The zero-order valence-electron chi connectivity index (χ0n) is 16.0. The van der Waals surface area contributed by atoms with Crippen molar-refractivity contribution in [1.82, 2.24) is 14.8 Å². The highest BCUT2D eigenvalue weighted by molar-refractivity contribution is 7.09. The number of thiazole rings is 1. The van der Waals surface area contributed by atoms with Crippen molar-refractivity contribution in [1.29, 1.82) is 0 Å². The molecule has 0 saturated carbocycles. The molecule has 1 amide bonds. The summed E-state index contributed by atoms with van der Waals surface area (Å²) in [6.07, 6.45) is 2.13. The Morgan fingerprint density at radius 2 is 2.04 bits per heavy atom. The number of aryl methyl sites for hydroxylation is 1. The predicted octanol–water partition coefficient (Wildman–Crippen LogP) is 4.52. The van der Waals surface area contributed by atoms with Crippen LogP contribution in [-0.4, -0.2) is 53.5 Å². The molecule has 1 fully saturated rings. The van der Waals surface area contributed by atoms with Crippen LogP contribution in [0.25, 0.3) is 0 Å². The molecule has 8 heteroatoms.